The zero-order chi connectivity index (χ0) is 39.1. The highest BCUT2D eigenvalue weighted by Gasteiger charge is 2.60. The van der Waals surface area contributed by atoms with Crippen molar-refractivity contribution in [2.45, 2.75) is 172 Å². The lowest BCUT2D eigenvalue weighted by Gasteiger charge is -2.51. The first-order valence-electron chi connectivity index (χ1n) is 20.7. The first-order valence-corrected chi connectivity index (χ1v) is 20.7. The Morgan fingerprint density at radius 2 is 1.80 bits per heavy atom. The number of allylic oxidation sites excluding steroid dienone is 2. The molecule has 0 aromatic heterocycles. The second kappa shape index (κ2) is 16.8. The lowest BCUT2D eigenvalue weighted by atomic mass is 9.71. The number of aliphatic hydroxyl groups is 2. The molecule has 14 atom stereocenters. The van der Waals surface area contributed by atoms with Gasteiger partial charge in [-0.05, 0) is 75.0 Å². The molecule has 0 radical (unpaired) electrons. The Labute approximate surface area is 325 Å². The topological polar surface area (TPSA) is 155 Å². The molecule has 12 heteroatoms. The van der Waals surface area contributed by atoms with Crippen LogP contribution >= 0.6 is 0 Å². The van der Waals surface area contributed by atoms with Crippen LogP contribution in [0.4, 0.5) is 0 Å². The predicted octanol–water partition coefficient (Wildman–Crippen LogP) is 6.07. The molecule has 0 aromatic carbocycles. The van der Waals surface area contributed by atoms with Gasteiger partial charge in [-0.15, -0.1) is 0 Å². The van der Waals surface area contributed by atoms with E-state index in [2.05, 4.69) is 32.0 Å². The number of nitrogens with zero attached hydrogens (tertiary/aromatic N) is 1. The van der Waals surface area contributed by atoms with Crippen molar-refractivity contribution in [2.24, 2.45) is 28.8 Å². The molecule has 12 nitrogen and oxygen atoms in total. The summed E-state index contributed by atoms with van der Waals surface area (Å²) in [5, 5.41) is 36.7. The third-order valence-corrected chi connectivity index (χ3v) is 13.6. The van der Waals surface area contributed by atoms with E-state index in [1.807, 2.05) is 19.1 Å². The summed E-state index contributed by atoms with van der Waals surface area (Å²) in [4.78, 5) is 14.4. The maximum atomic E-state index is 14.4. The summed E-state index contributed by atoms with van der Waals surface area (Å²) in [6.45, 7) is 10.0. The van der Waals surface area contributed by atoms with Crippen molar-refractivity contribution in [1.82, 2.24) is 0 Å². The van der Waals surface area contributed by atoms with Crippen molar-refractivity contribution in [2.75, 3.05) is 13.7 Å². The lowest BCUT2D eigenvalue weighted by molar-refractivity contribution is -0.342. The summed E-state index contributed by atoms with van der Waals surface area (Å²) in [5.74, 6) is -1.83. The van der Waals surface area contributed by atoms with Crippen LogP contribution < -0.4 is 0 Å². The van der Waals surface area contributed by atoms with Crippen LogP contribution in [0.25, 0.3) is 0 Å². The summed E-state index contributed by atoms with van der Waals surface area (Å²) in [7, 11) is 1.59. The van der Waals surface area contributed by atoms with Gasteiger partial charge in [-0.2, -0.15) is 0 Å². The van der Waals surface area contributed by atoms with Gasteiger partial charge in [0.2, 0.25) is 0 Å². The molecule has 4 saturated heterocycles. The van der Waals surface area contributed by atoms with E-state index in [0.29, 0.717) is 55.1 Å². The third-order valence-electron chi connectivity index (χ3n) is 13.6. The molecule has 2 aliphatic carbocycles. The first-order chi connectivity index (χ1) is 26.4. The van der Waals surface area contributed by atoms with Crippen molar-refractivity contribution in [3.63, 3.8) is 0 Å². The number of carbonyl (C=O) groups excluding carboxylic acids is 1. The molecule has 1 unspecified atom stereocenters. The van der Waals surface area contributed by atoms with Gasteiger partial charge in [0.15, 0.2) is 12.1 Å². The van der Waals surface area contributed by atoms with E-state index in [0.717, 1.165) is 24.8 Å². The predicted molar refractivity (Wildman–Crippen MR) is 203 cm³/mol. The Morgan fingerprint density at radius 1 is 1.02 bits per heavy atom. The minimum Gasteiger partial charge on any atom is -0.462 e. The number of fused-ring (bicyclic) bond motifs is 2. The quantitative estimate of drug-likeness (QED) is 0.132. The number of carbonyl (C=O) groups is 1. The van der Waals surface area contributed by atoms with Gasteiger partial charge in [-0.3, -0.25) is 4.79 Å². The molecule has 3 N–H and O–H groups in total. The van der Waals surface area contributed by atoms with E-state index >= 15 is 0 Å². The zero-order valence-corrected chi connectivity index (χ0v) is 33.4. The average Bonchev–Trinajstić information content (AvgIpc) is 3.50. The number of esters is 1. The first kappa shape index (κ1) is 40.8. The fourth-order valence-electron chi connectivity index (χ4n) is 10.4. The normalized spacial score (nSPS) is 47.9. The van der Waals surface area contributed by atoms with Crippen molar-refractivity contribution >= 4 is 11.7 Å². The molecule has 7 aliphatic rings. The molecule has 55 heavy (non-hydrogen) atoms. The SMILES string of the molecule is CO[C@H]1C[C@H](O[C@@H]2/C(C)=C/C[C@@H]3C[C@@H](C[C@]4(CC[C@H](C)C(C5CCCCC5)O4)O3)OC(=O)[C@@H]3C=C(C)/C(=N\O)[C@H]4OC/C(=C/C=C/[C@@H]2C)[C@]43O)O[C@@H](C)[C@@H]1O. The van der Waals surface area contributed by atoms with Crippen LogP contribution in [0, 0.1) is 23.7 Å². The monoisotopic (exact) mass is 769 g/mol. The number of aliphatic hydroxyl groups excluding tert-OH is 1. The fourth-order valence-corrected chi connectivity index (χ4v) is 10.4. The van der Waals surface area contributed by atoms with Crippen molar-refractivity contribution in [3.05, 3.63) is 47.1 Å². The average molecular weight is 770 g/mol. The highest BCUT2D eigenvalue weighted by Crippen LogP contribution is 2.48. The molecule has 5 fully saturated rings. The van der Waals surface area contributed by atoms with Crippen LogP contribution in [0.1, 0.15) is 105 Å². The minimum atomic E-state index is -1.83. The summed E-state index contributed by atoms with van der Waals surface area (Å²) in [6.07, 6.45) is 14.4. The van der Waals surface area contributed by atoms with Gasteiger partial charge in [-0.25, -0.2) is 0 Å². The summed E-state index contributed by atoms with van der Waals surface area (Å²) < 4.78 is 45.1. The molecular weight excluding hydrogens is 706 g/mol. The molecule has 5 aliphatic heterocycles. The Balaban J connectivity index is 1.25. The second-order valence-electron chi connectivity index (χ2n) is 17.4. The summed E-state index contributed by atoms with van der Waals surface area (Å²) in [6, 6.07) is 0. The van der Waals surface area contributed by atoms with Gasteiger partial charge in [0, 0.05) is 38.7 Å². The van der Waals surface area contributed by atoms with Crippen LogP contribution in [-0.4, -0.2) is 107 Å². The molecule has 7 rings (SSSR count). The Kier molecular flexibility index (Phi) is 12.5. The zero-order valence-electron chi connectivity index (χ0n) is 33.4. The molecule has 0 aromatic rings. The minimum absolute atomic E-state index is 0.0359. The van der Waals surface area contributed by atoms with E-state index in [-0.39, 0.29) is 30.4 Å². The molecule has 5 heterocycles. The van der Waals surface area contributed by atoms with E-state index in [4.69, 9.17) is 33.2 Å². The standard InChI is InChI=1S/C43H63NO11/c1-24-11-10-14-30-23-50-40-36(44-48)27(4)19-33(43(30,40)47)41(46)52-32-20-31(16-15-25(2)38(24)53-35-21-34(49-6)37(45)28(5)51-35)54-42(22-32)18-17-26(3)39(55-42)29-12-8-7-9-13-29/h10-11,14-15,19,24,26,28-29,31-35,37-40,45,47-48H,7-9,12-13,16-18,20-23H2,1-6H3/b11-10+,25-15+,30-14-,44-36+/t24-,26-,28-,31+,32-,33-,34-,35-,37-,38-,39?,40+,42+,43+/m0/s1. The van der Waals surface area contributed by atoms with E-state index < -0.39 is 66.2 Å². The van der Waals surface area contributed by atoms with Gasteiger partial charge in [0.25, 0.3) is 0 Å². The van der Waals surface area contributed by atoms with E-state index in [1.54, 1.807) is 26.2 Å². The lowest BCUT2D eigenvalue weighted by Crippen LogP contribution is -2.57. The largest absolute Gasteiger partial charge is 0.462 e. The van der Waals surface area contributed by atoms with Gasteiger partial charge in [-0.1, -0.05) is 68.6 Å². The van der Waals surface area contributed by atoms with Crippen LogP contribution in [-0.2, 0) is 38.0 Å². The number of hydrogen-bond donors (Lipinski definition) is 3. The maximum Gasteiger partial charge on any atom is 0.316 e. The fraction of sp³-hybridized carbons (Fsp3) is 0.767. The van der Waals surface area contributed by atoms with Gasteiger partial charge in [0.05, 0.1) is 37.1 Å². The number of rotatable bonds is 4. The third kappa shape index (κ3) is 8.17. The smallest absolute Gasteiger partial charge is 0.316 e. The highest BCUT2D eigenvalue weighted by molar-refractivity contribution is 6.06. The Morgan fingerprint density at radius 3 is 2.55 bits per heavy atom. The van der Waals surface area contributed by atoms with Gasteiger partial charge < -0.3 is 48.6 Å². The Hall–Kier alpha value is -2.42. The molecule has 306 valence electrons. The van der Waals surface area contributed by atoms with Gasteiger partial charge in [0.1, 0.15) is 35.5 Å². The number of oxime groups is 1. The van der Waals surface area contributed by atoms with Crippen LogP contribution in [0.5, 0.6) is 0 Å². The molecule has 2 bridgehead atoms. The number of methoxy groups -OCH3 is 1. The molecule has 1 saturated carbocycles. The van der Waals surface area contributed by atoms with Crippen molar-refractivity contribution < 1.29 is 53.4 Å². The number of hydrogen-bond acceptors (Lipinski definition) is 12. The van der Waals surface area contributed by atoms with E-state index in [1.165, 1.54) is 19.3 Å². The maximum absolute atomic E-state index is 14.4. The van der Waals surface area contributed by atoms with Crippen LogP contribution in [0.3, 0.4) is 0 Å². The van der Waals surface area contributed by atoms with Crippen molar-refractivity contribution in [3.8, 4) is 0 Å². The number of ether oxygens (including phenoxy) is 7. The Bertz CT molecular complexity index is 1550. The molecule has 0 amide bonds. The summed E-state index contributed by atoms with van der Waals surface area (Å²) in [5.41, 5.74) is 0.362. The van der Waals surface area contributed by atoms with Gasteiger partial charge >= 0.3 is 5.97 Å². The highest BCUT2D eigenvalue weighted by atomic mass is 16.7. The van der Waals surface area contributed by atoms with Crippen LogP contribution in [0.2, 0.25) is 0 Å². The molecular formula is C43H63NO11. The van der Waals surface area contributed by atoms with Crippen LogP contribution in [0.15, 0.2) is 52.3 Å². The van der Waals surface area contributed by atoms with Crippen molar-refractivity contribution in [1.29, 1.82) is 0 Å². The molecule has 1 spiro atoms. The summed E-state index contributed by atoms with van der Waals surface area (Å²) >= 11 is 0. The second-order valence-corrected chi connectivity index (χ2v) is 17.4. The van der Waals surface area contributed by atoms with E-state index in [9.17, 15) is 20.2 Å².